The molecule has 1 amide bonds. The lowest BCUT2D eigenvalue weighted by molar-refractivity contribution is 0.0950. The van der Waals surface area contributed by atoms with Crippen LogP contribution in [0.3, 0.4) is 0 Å². The van der Waals surface area contributed by atoms with Crippen LogP contribution in [0.4, 0.5) is 11.6 Å². The highest BCUT2D eigenvalue weighted by Crippen LogP contribution is 2.32. The first-order chi connectivity index (χ1) is 11.6. The summed E-state index contributed by atoms with van der Waals surface area (Å²) in [6.07, 6.45) is 4.31. The van der Waals surface area contributed by atoms with Crippen molar-refractivity contribution in [3.63, 3.8) is 0 Å². The van der Waals surface area contributed by atoms with Gasteiger partial charge in [0.25, 0.3) is 5.91 Å². The Kier molecular flexibility index (Phi) is 5.24. The molecule has 3 rings (SSSR count). The number of aromatic nitrogens is 3. The van der Waals surface area contributed by atoms with Gasteiger partial charge in [-0.25, -0.2) is 15.0 Å². The zero-order chi connectivity index (χ0) is 16.9. The van der Waals surface area contributed by atoms with Gasteiger partial charge in [0.2, 0.25) is 0 Å². The number of amides is 1. The maximum absolute atomic E-state index is 11.9. The SMILES string of the molecule is CC1CC1Nc1cc(NCCNC(=O)c2ccc(Br)cn2)ncn1. The molecule has 1 fully saturated rings. The molecule has 7 nitrogen and oxygen atoms in total. The Morgan fingerprint density at radius 3 is 2.75 bits per heavy atom. The van der Waals surface area contributed by atoms with Gasteiger partial charge in [0.1, 0.15) is 23.7 Å². The van der Waals surface area contributed by atoms with Crippen LogP contribution >= 0.6 is 15.9 Å². The molecule has 24 heavy (non-hydrogen) atoms. The van der Waals surface area contributed by atoms with Gasteiger partial charge in [-0.05, 0) is 40.4 Å². The highest BCUT2D eigenvalue weighted by Gasteiger charge is 2.32. The minimum atomic E-state index is -0.197. The Morgan fingerprint density at radius 2 is 2.04 bits per heavy atom. The molecule has 1 saturated carbocycles. The molecular weight excluding hydrogens is 372 g/mol. The zero-order valence-electron chi connectivity index (χ0n) is 13.3. The summed E-state index contributed by atoms with van der Waals surface area (Å²) in [6.45, 7) is 3.25. The fraction of sp³-hybridized carbons (Fsp3) is 0.375. The molecule has 2 aromatic rings. The van der Waals surface area contributed by atoms with Gasteiger partial charge in [-0.3, -0.25) is 4.79 Å². The van der Waals surface area contributed by atoms with Crippen LogP contribution in [0.25, 0.3) is 0 Å². The second kappa shape index (κ2) is 7.57. The lowest BCUT2D eigenvalue weighted by Crippen LogP contribution is -2.29. The van der Waals surface area contributed by atoms with E-state index < -0.39 is 0 Å². The van der Waals surface area contributed by atoms with E-state index in [2.05, 4.69) is 53.8 Å². The first-order valence-electron chi connectivity index (χ1n) is 7.84. The summed E-state index contributed by atoms with van der Waals surface area (Å²) in [5.41, 5.74) is 0.394. The highest BCUT2D eigenvalue weighted by molar-refractivity contribution is 9.10. The van der Waals surface area contributed by atoms with Crippen LogP contribution in [0.2, 0.25) is 0 Å². The average Bonchev–Trinajstić information content (AvgIpc) is 3.27. The second-order valence-corrected chi connectivity index (χ2v) is 6.71. The topological polar surface area (TPSA) is 91.8 Å². The van der Waals surface area contributed by atoms with Crippen molar-refractivity contribution in [2.45, 2.75) is 19.4 Å². The van der Waals surface area contributed by atoms with Crippen molar-refractivity contribution < 1.29 is 4.79 Å². The monoisotopic (exact) mass is 390 g/mol. The Balaban J connectivity index is 1.42. The van der Waals surface area contributed by atoms with Gasteiger partial charge < -0.3 is 16.0 Å². The molecule has 0 radical (unpaired) electrons. The third kappa shape index (κ3) is 4.64. The molecule has 0 saturated heterocycles. The zero-order valence-corrected chi connectivity index (χ0v) is 14.9. The summed E-state index contributed by atoms with van der Waals surface area (Å²) in [7, 11) is 0. The first-order valence-corrected chi connectivity index (χ1v) is 8.63. The molecule has 3 N–H and O–H groups in total. The molecule has 0 aliphatic heterocycles. The lowest BCUT2D eigenvalue weighted by Gasteiger charge is -2.09. The van der Waals surface area contributed by atoms with Crippen molar-refractivity contribution in [3.05, 3.63) is 40.9 Å². The summed E-state index contributed by atoms with van der Waals surface area (Å²) >= 11 is 3.29. The van der Waals surface area contributed by atoms with Gasteiger partial charge in [-0.2, -0.15) is 0 Å². The molecule has 1 aliphatic rings. The van der Waals surface area contributed by atoms with Crippen molar-refractivity contribution in [3.8, 4) is 0 Å². The van der Waals surface area contributed by atoms with E-state index in [0.717, 1.165) is 16.1 Å². The number of halogens is 1. The Morgan fingerprint density at radius 1 is 1.25 bits per heavy atom. The number of pyridine rings is 1. The van der Waals surface area contributed by atoms with E-state index in [1.807, 2.05) is 6.07 Å². The Hall–Kier alpha value is -2.22. The molecule has 1 aliphatic carbocycles. The average molecular weight is 391 g/mol. The van der Waals surface area contributed by atoms with Gasteiger partial charge in [0.15, 0.2) is 0 Å². The number of nitrogens with zero attached hydrogens (tertiary/aromatic N) is 3. The largest absolute Gasteiger partial charge is 0.368 e. The first kappa shape index (κ1) is 16.6. The molecule has 0 bridgehead atoms. The summed E-state index contributed by atoms with van der Waals surface area (Å²) in [6, 6.07) is 5.86. The summed E-state index contributed by atoms with van der Waals surface area (Å²) in [5, 5.41) is 9.35. The van der Waals surface area contributed by atoms with Crippen molar-refractivity contribution >= 4 is 33.5 Å². The van der Waals surface area contributed by atoms with Gasteiger partial charge in [0, 0.05) is 35.9 Å². The Bertz CT molecular complexity index is 708. The van der Waals surface area contributed by atoms with Crippen molar-refractivity contribution in [1.82, 2.24) is 20.3 Å². The number of carbonyl (C=O) groups excluding carboxylic acids is 1. The molecular formula is C16H19BrN6O. The van der Waals surface area contributed by atoms with Crippen molar-refractivity contribution in [2.24, 2.45) is 5.92 Å². The number of anilines is 2. The molecule has 0 spiro atoms. The minimum absolute atomic E-state index is 0.197. The van der Waals surface area contributed by atoms with Crippen LogP contribution in [0, 0.1) is 5.92 Å². The molecule has 2 unspecified atom stereocenters. The number of nitrogens with one attached hydrogen (secondary N) is 3. The van der Waals surface area contributed by atoms with Gasteiger partial charge in [0.05, 0.1) is 0 Å². The fourth-order valence-electron chi connectivity index (χ4n) is 2.21. The third-order valence-electron chi connectivity index (χ3n) is 3.79. The minimum Gasteiger partial charge on any atom is -0.368 e. The number of rotatable bonds is 7. The standard InChI is InChI=1S/C16H19BrN6O/c1-10-6-13(10)23-15-7-14(21-9-22-15)18-4-5-19-16(24)12-3-2-11(17)8-20-12/h2-3,7-10,13H,4-6H2,1H3,(H,19,24)(H2,18,21,22,23). The van der Waals surface area contributed by atoms with Gasteiger partial charge in [-0.1, -0.05) is 6.92 Å². The number of hydrogen-bond donors (Lipinski definition) is 3. The molecule has 2 heterocycles. The van der Waals surface area contributed by atoms with Crippen molar-refractivity contribution in [2.75, 3.05) is 23.7 Å². The fourth-order valence-corrected chi connectivity index (χ4v) is 2.45. The van der Waals surface area contributed by atoms with Crippen molar-refractivity contribution in [1.29, 1.82) is 0 Å². The van der Waals surface area contributed by atoms with E-state index in [0.29, 0.717) is 30.7 Å². The lowest BCUT2D eigenvalue weighted by atomic mass is 10.3. The molecule has 2 atom stereocenters. The highest BCUT2D eigenvalue weighted by atomic mass is 79.9. The summed E-state index contributed by atoms with van der Waals surface area (Å²) < 4.78 is 0.842. The third-order valence-corrected chi connectivity index (χ3v) is 4.26. The van der Waals surface area contributed by atoms with E-state index in [-0.39, 0.29) is 5.91 Å². The van der Waals surface area contributed by atoms with Gasteiger partial charge in [-0.15, -0.1) is 0 Å². The summed E-state index contributed by atoms with van der Waals surface area (Å²) in [5.74, 6) is 2.07. The molecule has 2 aromatic heterocycles. The molecule has 0 aromatic carbocycles. The van der Waals surface area contributed by atoms with Crippen LogP contribution in [-0.4, -0.2) is 40.0 Å². The number of hydrogen-bond acceptors (Lipinski definition) is 6. The van der Waals surface area contributed by atoms with Crippen LogP contribution in [0.1, 0.15) is 23.8 Å². The van der Waals surface area contributed by atoms with E-state index in [1.54, 1.807) is 18.3 Å². The predicted octanol–water partition coefficient (Wildman–Crippen LogP) is 2.30. The molecule has 8 heteroatoms. The normalized spacial score (nSPS) is 18.8. The van der Waals surface area contributed by atoms with Crippen LogP contribution in [-0.2, 0) is 0 Å². The van der Waals surface area contributed by atoms with Crippen LogP contribution < -0.4 is 16.0 Å². The maximum Gasteiger partial charge on any atom is 0.269 e. The van der Waals surface area contributed by atoms with E-state index in [1.165, 1.54) is 12.7 Å². The van der Waals surface area contributed by atoms with Gasteiger partial charge >= 0.3 is 0 Å². The van der Waals surface area contributed by atoms with E-state index >= 15 is 0 Å². The number of carbonyl (C=O) groups is 1. The van der Waals surface area contributed by atoms with E-state index in [9.17, 15) is 4.79 Å². The van der Waals surface area contributed by atoms with Crippen LogP contribution in [0.5, 0.6) is 0 Å². The van der Waals surface area contributed by atoms with Crippen LogP contribution in [0.15, 0.2) is 35.2 Å². The molecule has 126 valence electrons. The Labute approximate surface area is 148 Å². The maximum atomic E-state index is 11.9. The van der Waals surface area contributed by atoms with E-state index in [4.69, 9.17) is 0 Å². The predicted molar refractivity (Wildman–Crippen MR) is 96.0 cm³/mol. The smallest absolute Gasteiger partial charge is 0.269 e. The quantitative estimate of drug-likeness (QED) is 0.628. The summed E-state index contributed by atoms with van der Waals surface area (Å²) in [4.78, 5) is 24.4. The second-order valence-electron chi connectivity index (χ2n) is 5.80.